The fraction of sp³-hybridized carbons (Fsp3) is 0. The summed E-state index contributed by atoms with van der Waals surface area (Å²) in [7, 11) is 0. The van der Waals surface area contributed by atoms with Crippen molar-refractivity contribution in [3.05, 3.63) is 18.6 Å². The Labute approximate surface area is 45.7 Å². The van der Waals surface area contributed by atoms with Gasteiger partial charge in [-0.3, -0.25) is 4.79 Å². The first kappa shape index (κ1) is 6.97. The van der Waals surface area contributed by atoms with Crippen LogP contribution in [0.25, 0.3) is 0 Å². The molecule has 0 heterocycles. The molecule has 0 aliphatic rings. The molecule has 0 bridgehead atoms. The fourth-order valence-electron chi connectivity index (χ4n) is 0.130. The molecule has 4 heteroatoms. The molecule has 1 radical (unpaired) electrons. The summed E-state index contributed by atoms with van der Waals surface area (Å²) in [6.45, 7) is 0.155. The van der Waals surface area contributed by atoms with E-state index in [0.29, 0.717) is 0 Å². The van der Waals surface area contributed by atoms with E-state index in [2.05, 4.69) is 0 Å². The number of aliphatic hydroxyl groups excluding tert-OH is 3. The van der Waals surface area contributed by atoms with Gasteiger partial charge in [0.05, 0.1) is 0 Å². The van der Waals surface area contributed by atoms with E-state index in [-0.39, 0.29) is 12.9 Å². The molecule has 0 aromatic rings. The zero-order valence-electron chi connectivity index (χ0n) is 3.90. The Kier molecular flexibility index (Phi) is 2.64. The van der Waals surface area contributed by atoms with E-state index in [1.165, 1.54) is 0 Å². The molecule has 4 nitrogen and oxygen atoms in total. The van der Waals surface area contributed by atoms with Crippen molar-refractivity contribution >= 4 is 5.78 Å². The van der Waals surface area contributed by atoms with Crippen LogP contribution in [0, 0.1) is 6.61 Å². The Morgan fingerprint density at radius 2 is 1.88 bits per heavy atom. The first-order valence-corrected chi connectivity index (χ1v) is 1.77. The van der Waals surface area contributed by atoms with Gasteiger partial charge in [0, 0.05) is 0 Å². The molecule has 0 unspecified atom stereocenters. The van der Waals surface area contributed by atoms with Crippen LogP contribution in [0.2, 0.25) is 0 Å². The maximum atomic E-state index is 9.96. The lowest BCUT2D eigenvalue weighted by Gasteiger charge is -1.87. The van der Waals surface area contributed by atoms with E-state index in [0.717, 1.165) is 0 Å². The number of carbonyl (C=O) groups excluding carboxylic acids is 1. The molecule has 0 atom stereocenters. The molecule has 0 saturated heterocycles. The van der Waals surface area contributed by atoms with Crippen LogP contribution in [-0.2, 0) is 4.79 Å². The minimum atomic E-state index is -1.02. The number of rotatable bonds is 2. The highest BCUT2D eigenvalue weighted by Gasteiger charge is 2.03. The van der Waals surface area contributed by atoms with Crippen LogP contribution in [0.4, 0.5) is 0 Å². The zero-order valence-corrected chi connectivity index (χ0v) is 3.90. The Morgan fingerprint density at radius 3 is 2.00 bits per heavy atom. The third-order valence-corrected chi connectivity index (χ3v) is 0.492. The summed E-state index contributed by atoms with van der Waals surface area (Å²) in [5, 5.41) is 23.9. The number of ketones is 1. The average molecular weight is 117 g/mol. The Hall–Kier alpha value is -1.03. The molecule has 0 aromatic heterocycles. The van der Waals surface area contributed by atoms with Crippen molar-refractivity contribution in [3.63, 3.8) is 0 Å². The lowest BCUT2D eigenvalue weighted by molar-refractivity contribution is -0.117. The minimum Gasteiger partial charge on any atom is -0.512 e. The SMILES string of the molecule is O=C([CH]O)/C(O)=C/O. The van der Waals surface area contributed by atoms with Crippen LogP contribution in [0.15, 0.2) is 12.0 Å². The van der Waals surface area contributed by atoms with E-state index < -0.39 is 11.5 Å². The van der Waals surface area contributed by atoms with Gasteiger partial charge in [-0.15, -0.1) is 0 Å². The highest BCUT2D eigenvalue weighted by Crippen LogP contribution is 1.88. The maximum absolute atomic E-state index is 9.96. The summed E-state index contributed by atoms with van der Waals surface area (Å²) < 4.78 is 0. The molecule has 0 aliphatic heterocycles. The molecule has 0 aliphatic carbocycles. The molecule has 45 valence electrons. The summed E-state index contributed by atoms with van der Waals surface area (Å²) in [4.78, 5) is 9.96. The quantitative estimate of drug-likeness (QED) is 0.352. The van der Waals surface area contributed by atoms with Gasteiger partial charge in [0.2, 0.25) is 5.78 Å². The van der Waals surface area contributed by atoms with E-state index in [9.17, 15) is 4.79 Å². The second kappa shape index (κ2) is 3.04. The second-order valence-electron chi connectivity index (χ2n) is 1.01. The predicted octanol–water partition coefficient (Wildman–Crippen LogP) is 0.0472. The number of hydrogen-bond acceptors (Lipinski definition) is 4. The molecule has 0 saturated carbocycles. The van der Waals surface area contributed by atoms with Crippen LogP contribution in [0.3, 0.4) is 0 Å². The van der Waals surface area contributed by atoms with Crippen LogP contribution < -0.4 is 0 Å². The molecule has 8 heavy (non-hydrogen) atoms. The normalized spacial score (nSPS) is 11.4. The van der Waals surface area contributed by atoms with Gasteiger partial charge in [-0.25, -0.2) is 0 Å². The Bertz CT molecular complexity index is 115. The topological polar surface area (TPSA) is 77.8 Å². The Balaban J connectivity index is 3.83. The largest absolute Gasteiger partial charge is 0.512 e. The van der Waals surface area contributed by atoms with Gasteiger partial charge < -0.3 is 15.3 Å². The fourth-order valence-corrected chi connectivity index (χ4v) is 0.130. The van der Waals surface area contributed by atoms with E-state index in [4.69, 9.17) is 15.3 Å². The number of hydrogen-bond donors (Lipinski definition) is 3. The smallest absolute Gasteiger partial charge is 0.231 e. The average Bonchev–Trinajstić information content (AvgIpc) is 1.84. The first-order chi connectivity index (χ1) is 3.72. The van der Waals surface area contributed by atoms with Crippen molar-refractivity contribution in [2.24, 2.45) is 0 Å². The molecule has 0 spiro atoms. The van der Waals surface area contributed by atoms with Crippen molar-refractivity contribution in [2.75, 3.05) is 0 Å². The van der Waals surface area contributed by atoms with Crippen molar-refractivity contribution in [3.8, 4) is 0 Å². The maximum Gasteiger partial charge on any atom is 0.231 e. The molecule has 3 N–H and O–H groups in total. The Morgan fingerprint density at radius 1 is 1.38 bits per heavy atom. The summed E-state index contributed by atoms with van der Waals surface area (Å²) in [5.41, 5.74) is 0. The summed E-state index contributed by atoms with van der Waals surface area (Å²) in [6, 6.07) is 0. The minimum absolute atomic E-state index is 0.155. The summed E-state index contributed by atoms with van der Waals surface area (Å²) in [6.07, 6.45) is 0.203. The molecule has 0 aromatic carbocycles. The van der Waals surface area contributed by atoms with Crippen LogP contribution in [0.5, 0.6) is 0 Å². The standard InChI is InChI=1S/C4H5O4/c5-1-3(7)4(8)2-6/h1-2,5-7H/b3-1-. The van der Waals surface area contributed by atoms with Crippen molar-refractivity contribution in [2.45, 2.75) is 0 Å². The van der Waals surface area contributed by atoms with Gasteiger partial charge in [0.1, 0.15) is 6.26 Å². The van der Waals surface area contributed by atoms with Gasteiger partial charge in [0.15, 0.2) is 12.4 Å². The van der Waals surface area contributed by atoms with Crippen LogP contribution in [0.1, 0.15) is 0 Å². The number of aliphatic hydroxyl groups is 3. The predicted molar refractivity (Wildman–Crippen MR) is 24.6 cm³/mol. The molecule has 0 amide bonds. The lowest BCUT2D eigenvalue weighted by Crippen LogP contribution is -2.00. The monoisotopic (exact) mass is 117 g/mol. The van der Waals surface area contributed by atoms with Gasteiger partial charge >= 0.3 is 0 Å². The molecular weight excluding hydrogens is 112 g/mol. The van der Waals surface area contributed by atoms with Gasteiger partial charge in [-0.2, -0.15) is 0 Å². The highest BCUT2D eigenvalue weighted by atomic mass is 16.3. The second-order valence-corrected chi connectivity index (χ2v) is 1.01. The van der Waals surface area contributed by atoms with Crippen LogP contribution in [-0.4, -0.2) is 21.1 Å². The summed E-state index contributed by atoms with van der Waals surface area (Å²) >= 11 is 0. The highest BCUT2D eigenvalue weighted by molar-refractivity contribution is 5.97. The van der Waals surface area contributed by atoms with Gasteiger partial charge in [0.25, 0.3) is 0 Å². The summed E-state index contributed by atoms with van der Waals surface area (Å²) in [5.74, 6) is -1.90. The van der Waals surface area contributed by atoms with E-state index in [1.807, 2.05) is 0 Å². The number of Topliss-reactive ketones (excluding diaryl/α,β-unsaturated/α-hetero) is 1. The van der Waals surface area contributed by atoms with Gasteiger partial charge in [-0.1, -0.05) is 0 Å². The number of carbonyl (C=O) groups is 1. The van der Waals surface area contributed by atoms with E-state index in [1.54, 1.807) is 0 Å². The molecule has 0 rings (SSSR count). The zero-order chi connectivity index (χ0) is 6.57. The van der Waals surface area contributed by atoms with Gasteiger partial charge in [-0.05, 0) is 0 Å². The third kappa shape index (κ3) is 1.61. The van der Waals surface area contributed by atoms with E-state index >= 15 is 0 Å². The van der Waals surface area contributed by atoms with Crippen molar-refractivity contribution in [1.82, 2.24) is 0 Å². The molecular formula is C4H5O4. The van der Waals surface area contributed by atoms with Crippen molar-refractivity contribution < 1.29 is 20.1 Å². The third-order valence-electron chi connectivity index (χ3n) is 0.492. The first-order valence-electron chi connectivity index (χ1n) is 1.77. The van der Waals surface area contributed by atoms with Crippen LogP contribution >= 0.6 is 0 Å². The lowest BCUT2D eigenvalue weighted by atomic mass is 10.4. The van der Waals surface area contributed by atoms with Crippen molar-refractivity contribution in [1.29, 1.82) is 0 Å². The molecule has 0 fully saturated rings.